The molecule has 0 aliphatic rings. The van der Waals surface area contributed by atoms with Crippen LogP contribution in [0.5, 0.6) is 0 Å². The highest BCUT2D eigenvalue weighted by Gasteiger charge is 2.21. The minimum atomic E-state index is -3.60. The molecule has 0 fully saturated rings. The number of hydrogen-bond acceptors (Lipinski definition) is 4. The van der Waals surface area contributed by atoms with Crippen molar-refractivity contribution in [3.8, 4) is 0 Å². The summed E-state index contributed by atoms with van der Waals surface area (Å²) in [5, 5.41) is 6.68. The molecule has 0 aromatic heterocycles. The maximum absolute atomic E-state index is 12.2. The predicted molar refractivity (Wildman–Crippen MR) is 99.5 cm³/mol. The number of rotatable bonds is 7. The van der Waals surface area contributed by atoms with Gasteiger partial charge in [0.1, 0.15) is 4.90 Å². The van der Waals surface area contributed by atoms with Crippen molar-refractivity contribution < 1.29 is 8.42 Å². The number of halogens is 1. The number of nitrogens with one attached hydrogen (secondary N) is 2. The van der Waals surface area contributed by atoms with E-state index in [9.17, 15) is 8.42 Å². The van der Waals surface area contributed by atoms with Gasteiger partial charge >= 0.3 is 0 Å². The second-order valence-electron chi connectivity index (χ2n) is 4.66. The van der Waals surface area contributed by atoms with Crippen LogP contribution in [0.4, 0.5) is 5.69 Å². The van der Waals surface area contributed by atoms with Gasteiger partial charge in [-0.15, -0.1) is 0 Å². The summed E-state index contributed by atoms with van der Waals surface area (Å²) in [6.45, 7) is 0.767. The van der Waals surface area contributed by atoms with E-state index < -0.39 is 10.0 Å². The molecule has 0 radical (unpaired) electrons. The maximum atomic E-state index is 12.2. The van der Waals surface area contributed by atoms with Gasteiger partial charge in [-0.1, -0.05) is 11.6 Å². The van der Waals surface area contributed by atoms with Crippen LogP contribution in [0.25, 0.3) is 0 Å². The Hall–Kier alpha value is -0.540. The van der Waals surface area contributed by atoms with E-state index in [2.05, 4.69) is 16.9 Å². The fourth-order valence-electron chi connectivity index (χ4n) is 1.57. The van der Waals surface area contributed by atoms with Gasteiger partial charge in [0, 0.05) is 26.3 Å². The third kappa shape index (κ3) is 5.58. The van der Waals surface area contributed by atoms with Crippen molar-refractivity contribution in [3.05, 3.63) is 23.2 Å². The molecule has 0 heterocycles. The molecule has 5 nitrogen and oxygen atoms in total. The van der Waals surface area contributed by atoms with Gasteiger partial charge in [-0.05, 0) is 48.8 Å². The lowest BCUT2D eigenvalue weighted by Crippen LogP contribution is -2.29. The summed E-state index contributed by atoms with van der Waals surface area (Å²) >= 11 is 13.0. The number of sulfonamides is 1. The number of hydrogen-bond donors (Lipinski definition) is 2. The summed E-state index contributed by atoms with van der Waals surface area (Å²) < 4.78 is 25.5. The number of benzene rings is 1. The van der Waals surface area contributed by atoms with Crippen LogP contribution in [-0.2, 0) is 10.0 Å². The van der Waals surface area contributed by atoms with Crippen LogP contribution in [0.2, 0.25) is 5.02 Å². The topological polar surface area (TPSA) is 61.4 Å². The summed E-state index contributed by atoms with van der Waals surface area (Å²) in [5.41, 5.74) is 0.576. The molecule has 0 amide bonds. The first-order chi connectivity index (χ1) is 10.3. The highest BCUT2D eigenvalue weighted by Crippen LogP contribution is 2.26. The summed E-state index contributed by atoms with van der Waals surface area (Å²) in [6, 6.07) is 4.71. The second kappa shape index (κ2) is 8.93. The highest BCUT2D eigenvalue weighted by molar-refractivity contribution is 7.98. The van der Waals surface area contributed by atoms with Crippen LogP contribution in [0.1, 0.15) is 6.42 Å². The van der Waals surface area contributed by atoms with E-state index in [1.165, 1.54) is 26.2 Å². The van der Waals surface area contributed by atoms with E-state index in [-0.39, 0.29) is 9.92 Å². The number of anilines is 1. The standard InChI is InChI=1S/C13H20ClN3O2S3/c1-17(2)22(18,19)12-9-10(5-6-11(12)14)16-13(20)15-7-4-8-21-3/h5-6,9H,4,7-8H2,1-3H3,(H2,15,16,20). The Balaban J connectivity index is 2.80. The van der Waals surface area contributed by atoms with Gasteiger partial charge in [-0.2, -0.15) is 11.8 Å². The Labute approximate surface area is 146 Å². The molecule has 0 bridgehead atoms. The fourth-order valence-corrected chi connectivity index (χ4v) is 3.62. The second-order valence-corrected chi connectivity index (χ2v) is 8.58. The Kier molecular flexibility index (Phi) is 7.92. The lowest BCUT2D eigenvalue weighted by molar-refractivity contribution is 0.521. The van der Waals surface area contributed by atoms with Gasteiger partial charge in [-0.25, -0.2) is 12.7 Å². The van der Waals surface area contributed by atoms with E-state index in [1.54, 1.807) is 17.8 Å². The zero-order chi connectivity index (χ0) is 16.8. The van der Waals surface area contributed by atoms with E-state index in [1.807, 2.05) is 0 Å². The van der Waals surface area contributed by atoms with E-state index in [4.69, 9.17) is 23.8 Å². The lowest BCUT2D eigenvalue weighted by Gasteiger charge is -2.15. The molecule has 0 aliphatic carbocycles. The normalized spacial score (nSPS) is 11.5. The quantitative estimate of drug-likeness (QED) is 0.559. The highest BCUT2D eigenvalue weighted by atomic mass is 35.5. The monoisotopic (exact) mass is 381 g/mol. The van der Waals surface area contributed by atoms with Gasteiger partial charge in [0.2, 0.25) is 10.0 Å². The summed E-state index contributed by atoms with van der Waals surface area (Å²) in [6.07, 6.45) is 3.06. The molecule has 0 saturated carbocycles. The van der Waals surface area contributed by atoms with Gasteiger partial charge in [0.05, 0.1) is 5.02 Å². The Bertz CT molecular complexity index is 621. The molecule has 0 aliphatic heterocycles. The zero-order valence-corrected chi connectivity index (χ0v) is 15.9. The van der Waals surface area contributed by atoms with Crippen LogP contribution in [0.15, 0.2) is 23.1 Å². The number of nitrogens with zero attached hydrogens (tertiary/aromatic N) is 1. The van der Waals surface area contributed by atoms with E-state index >= 15 is 0 Å². The largest absolute Gasteiger partial charge is 0.362 e. The van der Waals surface area contributed by atoms with Crippen molar-refractivity contribution in [2.75, 3.05) is 38.0 Å². The Morgan fingerprint density at radius 3 is 2.68 bits per heavy atom. The van der Waals surface area contributed by atoms with Crippen molar-refractivity contribution in [2.24, 2.45) is 0 Å². The minimum Gasteiger partial charge on any atom is -0.362 e. The van der Waals surface area contributed by atoms with Crippen LogP contribution in [0, 0.1) is 0 Å². The molecule has 124 valence electrons. The average molecular weight is 382 g/mol. The molecule has 1 aromatic rings. The third-order valence-corrected chi connectivity index (χ3v) is 6.00. The predicted octanol–water partition coefficient (Wildman–Crippen LogP) is 2.63. The van der Waals surface area contributed by atoms with Gasteiger partial charge < -0.3 is 10.6 Å². The fraction of sp³-hybridized carbons (Fsp3) is 0.462. The van der Waals surface area contributed by atoms with E-state index in [0.717, 1.165) is 23.0 Å². The molecule has 9 heteroatoms. The van der Waals surface area contributed by atoms with Crippen LogP contribution in [0.3, 0.4) is 0 Å². The molecule has 0 atom stereocenters. The van der Waals surface area contributed by atoms with Gasteiger partial charge in [-0.3, -0.25) is 0 Å². The Morgan fingerprint density at radius 1 is 1.41 bits per heavy atom. The number of thiocarbonyl (C=S) groups is 1. The van der Waals surface area contributed by atoms with Crippen molar-refractivity contribution in [2.45, 2.75) is 11.3 Å². The molecular weight excluding hydrogens is 362 g/mol. The first-order valence-corrected chi connectivity index (χ1v) is 10.2. The SMILES string of the molecule is CSCCCNC(=S)Nc1ccc(Cl)c(S(=O)(=O)N(C)C)c1. The number of thioether (sulfide) groups is 1. The maximum Gasteiger partial charge on any atom is 0.244 e. The van der Waals surface area contributed by atoms with Crippen molar-refractivity contribution >= 4 is 56.4 Å². The third-order valence-electron chi connectivity index (χ3n) is 2.76. The van der Waals surface area contributed by atoms with Gasteiger partial charge in [0.25, 0.3) is 0 Å². The van der Waals surface area contributed by atoms with E-state index in [0.29, 0.717) is 10.8 Å². The summed E-state index contributed by atoms with van der Waals surface area (Å²) in [4.78, 5) is 0.0503. The Morgan fingerprint density at radius 2 is 2.09 bits per heavy atom. The van der Waals surface area contributed by atoms with Crippen LogP contribution < -0.4 is 10.6 Å². The van der Waals surface area contributed by atoms with Crippen LogP contribution in [-0.4, -0.2) is 50.5 Å². The molecule has 1 aromatic carbocycles. The zero-order valence-electron chi connectivity index (χ0n) is 12.7. The molecular formula is C13H20ClN3O2S3. The summed E-state index contributed by atoms with van der Waals surface area (Å²) in [5.74, 6) is 1.06. The van der Waals surface area contributed by atoms with Crippen molar-refractivity contribution in [1.82, 2.24) is 9.62 Å². The molecule has 0 saturated heterocycles. The molecule has 1 rings (SSSR count). The molecule has 2 N–H and O–H groups in total. The lowest BCUT2D eigenvalue weighted by atomic mass is 10.3. The minimum absolute atomic E-state index is 0.0503. The van der Waals surface area contributed by atoms with Crippen molar-refractivity contribution in [1.29, 1.82) is 0 Å². The molecule has 0 spiro atoms. The van der Waals surface area contributed by atoms with Crippen LogP contribution >= 0.6 is 35.6 Å². The first-order valence-electron chi connectivity index (χ1n) is 6.55. The average Bonchev–Trinajstić information content (AvgIpc) is 2.45. The smallest absolute Gasteiger partial charge is 0.244 e. The summed E-state index contributed by atoms with van der Waals surface area (Å²) in [7, 11) is -0.671. The molecule has 22 heavy (non-hydrogen) atoms. The molecule has 0 unspecified atom stereocenters. The first kappa shape index (κ1) is 19.5. The van der Waals surface area contributed by atoms with Gasteiger partial charge in [0.15, 0.2) is 5.11 Å². The van der Waals surface area contributed by atoms with Crippen molar-refractivity contribution in [3.63, 3.8) is 0 Å².